The second-order valence-corrected chi connectivity index (χ2v) is 9.09. The van der Waals surface area contributed by atoms with Crippen molar-refractivity contribution in [2.45, 2.75) is 38.6 Å². The normalized spacial score (nSPS) is 10.9. The van der Waals surface area contributed by atoms with Crippen LogP contribution in [-0.2, 0) is 24.2 Å². The van der Waals surface area contributed by atoms with Crippen LogP contribution in [0.5, 0.6) is 11.5 Å². The Labute approximate surface area is 217 Å². The van der Waals surface area contributed by atoms with Crippen molar-refractivity contribution >= 4 is 28.5 Å². The van der Waals surface area contributed by atoms with E-state index >= 15 is 0 Å². The maximum atomic E-state index is 12.2. The fraction of sp³-hybridized carbons (Fsp3) is 0.310. The largest absolute Gasteiger partial charge is 0.497 e. The molecule has 7 heteroatoms. The van der Waals surface area contributed by atoms with Gasteiger partial charge in [-0.1, -0.05) is 42.3 Å². The average molecular weight is 506 g/mol. The molecule has 0 bridgehead atoms. The third kappa shape index (κ3) is 7.25. The van der Waals surface area contributed by atoms with Gasteiger partial charge < -0.3 is 19.4 Å². The van der Waals surface area contributed by atoms with Gasteiger partial charge in [0.25, 0.3) is 0 Å². The van der Waals surface area contributed by atoms with Gasteiger partial charge >= 0.3 is 0 Å². The molecule has 0 fully saturated rings. The average Bonchev–Trinajstić information content (AvgIpc) is 3.25. The van der Waals surface area contributed by atoms with Gasteiger partial charge in [-0.2, -0.15) is 0 Å². The van der Waals surface area contributed by atoms with Crippen LogP contribution in [0.25, 0.3) is 11.0 Å². The van der Waals surface area contributed by atoms with E-state index in [0.29, 0.717) is 24.6 Å². The van der Waals surface area contributed by atoms with Crippen LogP contribution in [0.2, 0.25) is 5.02 Å². The number of hydrogen-bond donors (Lipinski definition) is 1. The van der Waals surface area contributed by atoms with Crippen LogP contribution in [0.4, 0.5) is 0 Å². The highest BCUT2D eigenvalue weighted by molar-refractivity contribution is 6.30. The molecule has 1 amide bonds. The molecule has 0 saturated heterocycles. The van der Waals surface area contributed by atoms with Crippen molar-refractivity contribution in [3.8, 4) is 11.5 Å². The van der Waals surface area contributed by atoms with E-state index < -0.39 is 0 Å². The van der Waals surface area contributed by atoms with Gasteiger partial charge in [0.2, 0.25) is 5.91 Å². The highest BCUT2D eigenvalue weighted by Gasteiger charge is 2.11. The lowest BCUT2D eigenvalue weighted by Gasteiger charge is -2.11. The zero-order valence-corrected chi connectivity index (χ0v) is 21.3. The second-order valence-electron chi connectivity index (χ2n) is 8.66. The van der Waals surface area contributed by atoms with Crippen LogP contribution >= 0.6 is 11.6 Å². The monoisotopic (exact) mass is 505 g/mol. The number of imidazole rings is 1. The summed E-state index contributed by atoms with van der Waals surface area (Å²) in [5, 5.41) is 3.72. The Hall–Kier alpha value is -3.51. The first-order valence-corrected chi connectivity index (χ1v) is 12.7. The Bertz CT molecular complexity index is 1250. The molecule has 0 aliphatic carbocycles. The molecular formula is C29H32ClN3O3. The molecule has 0 radical (unpaired) electrons. The smallest absolute Gasteiger partial charge is 0.224 e. The van der Waals surface area contributed by atoms with Crippen LogP contribution in [0, 0.1) is 0 Å². The molecule has 1 heterocycles. The van der Waals surface area contributed by atoms with E-state index in [0.717, 1.165) is 66.1 Å². The van der Waals surface area contributed by atoms with Gasteiger partial charge in [0.1, 0.15) is 23.9 Å². The van der Waals surface area contributed by atoms with Crippen LogP contribution in [0.1, 0.15) is 30.7 Å². The van der Waals surface area contributed by atoms with Crippen LogP contribution < -0.4 is 14.8 Å². The topological polar surface area (TPSA) is 65.4 Å². The van der Waals surface area contributed by atoms with Crippen molar-refractivity contribution in [1.82, 2.24) is 14.9 Å². The maximum absolute atomic E-state index is 12.2. The van der Waals surface area contributed by atoms with Crippen LogP contribution in [0.15, 0.2) is 72.8 Å². The number of carbonyl (C=O) groups is 1. The molecule has 4 rings (SSSR count). The molecule has 0 aliphatic rings. The van der Waals surface area contributed by atoms with E-state index in [-0.39, 0.29) is 5.91 Å². The zero-order valence-electron chi connectivity index (χ0n) is 20.6. The first kappa shape index (κ1) is 25.6. The first-order valence-electron chi connectivity index (χ1n) is 12.3. The third-order valence-corrected chi connectivity index (χ3v) is 6.31. The van der Waals surface area contributed by atoms with Crippen LogP contribution in [0.3, 0.4) is 0 Å². The molecule has 36 heavy (non-hydrogen) atoms. The van der Waals surface area contributed by atoms with E-state index in [4.69, 9.17) is 26.1 Å². The van der Waals surface area contributed by atoms with E-state index in [1.165, 1.54) is 0 Å². The summed E-state index contributed by atoms with van der Waals surface area (Å²) < 4.78 is 13.3. The number of fused-ring (bicyclic) bond motifs is 1. The van der Waals surface area contributed by atoms with E-state index in [9.17, 15) is 4.79 Å². The van der Waals surface area contributed by atoms with Gasteiger partial charge in [-0.3, -0.25) is 4.79 Å². The molecule has 4 aromatic rings. The van der Waals surface area contributed by atoms with Gasteiger partial charge in [0, 0.05) is 18.0 Å². The molecule has 1 N–H and O–H groups in total. The van der Waals surface area contributed by atoms with Gasteiger partial charge in [0.15, 0.2) is 0 Å². The standard InChI is InChI=1S/C29H32ClN3O3/c1-35-24-14-10-22(11-15-24)21-29(34)31-18-6-2-3-9-28-32-26-7-4-5-8-27(26)33(28)19-20-36-25-16-12-23(30)13-17-25/h4-5,7-8,10-17H,2-3,6,9,18-21H2,1H3,(H,31,34). The zero-order chi connectivity index (χ0) is 25.2. The number of aryl methyl sites for hydroxylation is 1. The number of ether oxygens (including phenoxy) is 2. The molecule has 3 aromatic carbocycles. The van der Waals surface area contributed by atoms with Crippen molar-refractivity contribution in [1.29, 1.82) is 0 Å². The minimum atomic E-state index is 0.0441. The molecular weight excluding hydrogens is 474 g/mol. The SMILES string of the molecule is COc1ccc(CC(=O)NCCCCCc2nc3ccccc3n2CCOc2ccc(Cl)cc2)cc1. The highest BCUT2D eigenvalue weighted by atomic mass is 35.5. The lowest BCUT2D eigenvalue weighted by molar-refractivity contribution is -0.120. The second kappa shape index (κ2) is 13.0. The predicted molar refractivity (Wildman–Crippen MR) is 144 cm³/mol. The molecule has 0 spiro atoms. The van der Waals surface area contributed by atoms with Crippen molar-refractivity contribution in [2.75, 3.05) is 20.3 Å². The fourth-order valence-electron chi connectivity index (χ4n) is 4.16. The summed E-state index contributed by atoms with van der Waals surface area (Å²) in [7, 11) is 1.63. The Balaban J connectivity index is 1.21. The Morgan fingerprint density at radius 1 is 0.944 bits per heavy atom. The summed E-state index contributed by atoms with van der Waals surface area (Å²) in [5.41, 5.74) is 3.11. The predicted octanol–water partition coefficient (Wildman–Crippen LogP) is 5.85. The lowest BCUT2D eigenvalue weighted by Crippen LogP contribution is -2.26. The van der Waals surface area contributed by atoms with E-state index in [1.807, 2.05) is 66.7 Å². The Morgan fingerprint density at radius 2 is 1.69 bits per heavy atom. The fourth-order valence-corrected chi connectivity index (χ4v) is 4.28. The van der Waals surface area contributed by atoms with Gasteiger partial charge in [-0.15, -0.1) is 0 Å². The van der Waals surface area contributed by atoms with Gasteiger partial charge in [-0.05, 0) is 66.9 Å². The summed E-state index contributed by atoms with van der Waals surface area (Å²) in [6.45, 7) is 1.95. The number of hydrogen-bond acceptors (Lipinski definition) is 4. The lowest BCUT2D eigenvalue weighted by atomic mass is 10.1. The maximum Gasteiger partial charge on any atom is 0.224 e. The number of nitrogens with one attached hydrogen (secondary N) is 1. The summed E-state index contributed by atoms with van der Waals surface area (Å²) in [5.74, 6) is 2.71. The number of amides is 1. The first-order chi connectivity index (χ1) is 17.6. The number of rotatable bonds is 13. The van der Waals surface area contributed by atoms with Crippen molar-refractivity contribution in [3.05, 3.63) is 89.2 Å². The summed E-state index contributed by atoms with van der Waals surface area (Å²) in [4.78, 5) is 17.1. The number of unbranched alkanes of at least 4 members (excludes halogenated alkanes) is 2. The summed E-state index contributed by atoms with van der Waals surface area (Å²) >= 11 is 5.96. The summed E-state index contributed by atoms with van der Waals surface area (Å²) in [6.07, 6.45) is 4.23. The minimum absolute atomic E-state index is 0.0441. The number of carbonyl (C=O) groups excluding carboxylic acids is 1. The molecule has 0 aliphatic heterocycles. The minimum Gasteiger partial charge on any atom is -0.497 e. The Kier molecular flexibility index (Phi) is 9.22. The van der Waals surface area contributed by atoms with E-state index in [2.05, 4.69) is 16.0 Å². The van der Waals surface area contributed by atoms with Crippen molar-refractivity contribution < 1.29 is 14.3 Å². The van der Waals surface area contributed by atoms with Crippen LogP contribution in [-0.4, -0.2) is 35.7 Å². The van der Waals surface area contributed by atoms with Crippen molar-refractivity contribution in [3.63, 3.8) is 0 Å². The summed E-state index contributed by atoms with van der Waals surface area (Å²) in [6, 6.07) is 23.2. The number of aromatic nitrogens is 2. The molecule has 1 aromatic heterocycles. The van der Waals surface area contributed by atoms with Gasteiger partial charge in [-0.25, -0.2) is 4.98 Å². The number of halogens is 1. The molecule has 0 unspecified atom stereocenters. The number of para-hydroxylation sites is 2. The number of methoxy groups -OCH3 is 1. The number of benzene rings is 3. The number of nitrogens with zero attached hydrogens (tertiary/aromatic N) is 2. The quantitative estimate of drug-likeness (QED) is 0.231. The molecule has 188 valence electrons. The molecule has 6 nitrogen and oxygen atoms in total. The third-order valence-electron chi connectivity index (χ3n) is 6.05. The highest BCUT2D eigenvalue weighted by Crippen LogP contribution is 2.19. The molecule has 0 saturated carbocycles. The Morgan fingerprint density at radius 3 is 2.47 bits per heavy atom. The van der Waals surface area contributed by atoms with Crippen molar-refractivity contribution in [2.24, 2.45) is 0 Å². The van der Waals surface area contributed by atoms with Gasteiger partial charge in [0.05, 0.1) is 31.1 Å². The molecule has 0 atom stereocenters. The van der Waals surface area contributed by atoms with E-state index in [1.54, 1.807) is 7.11 Å².